The van der Waals surface area contributed by atoms with Crippen LogP contribution in [0, 0.1) is 6.92 Å². The van der Waals surface area contributed by atoms with Gasteiger partial charge in [0, 0.05) is 24.8 Å². The summed E-state index contributed by atoms with van der Waals surface area (Å²) >= 11 is 0. The molecule has 2 rings (SSSR count). The molecular formula is C14H15NO3. The number of carbonyl (C=O) groups is 1. The molecule has 1 N–H and O–H groups in total. The largest absolute Gasteiger partial charge is 0.478 e. The van der Waals surface area contributed by atoms with E-state index in [2.05, 4.69) is 0 Å². The number of hydrogen-bond donors (Lipinski definition) is 1. The molecule has 1 aromatic carbocycles. The molecule has 4 heteroatoms. The molecule has 1 aromatic heterocycles. The van der Waals surface area contributed by atoms with Crippen LogP contribution < -0.4 is 4.90 Å². The molecule has 1 heterocycles. The second-order valence-corrected chi connectivity index (χ2v) is 4.21. The van der Waals surface area contributed by atoms with E-state index >= 15 is 0 Å². The van der Waals surface area contributed by atoms with Crippen molar-refractivity contribution in [2.24, 2.45) is 0 Å². The minimum Gasteiger partial charge on any atom is -0.478 e. The lowest BCUT2D eigenvalue weighted by Gasteiger charge is -2.19. The summed E-state index contributed by atoms with van der Waals surface area (Å²) in [6.45, 7) is 2.60. The van der Waals surface area contributed by atoms with E-state index in [1.807, 2.05) is 31.0 Å². The van der Waals surface area contributed by atoms with Crippen molar-refractivity contribution >= 4 is 11.7 Å². The second-order valence-electron chi connectivity index (χ2n) is 4.21. The number of benzene rings is 1. The van der Waals surface area contributed by atoms with Gasteiger partial charge in [-0.1, -0.05) is 6.07 Å². The Kier molecular flexibility index (Phi) is 3.37. The summed E-state index contributed by atoms with van der Waals surface area (Å²) in [6, 6.07) is 8.81. The molecule has 0 aliphatic carbocycles. The number of rotatable bonds is 4. The van der Waals surface area contributed by atoms with E-state index < -0.39 is 5.97 Å². The zero-order chi connectivity index (χ0) is 13.1. The summed E-state index contributed by atoms with van der Waals surface area (Å²) in [5.41, 5.74) is 2.26. The average molecular weight is 245 g/mol. The van der Waals surface area contributed by atoms with Gasteiger partial charge in [-0.15, -0.1) is 0 Å². The monoisotopic (exact) mass is 245 g/mol. The maximum atomic E-state index is 10.9. The van der Waals surface area contributed by atoms with Crippen molar-refractivity contribution in [1.82, 2.24) is 0 Å². The molecular weight excluding hydrogens is 230 g/mol. The van der Waals surface area contributed by atoms with Crippen LogP contribution in [-0.2, 0) is 6.54 Å². The highest BCUT2D eigenvalue weighted by Crippen LogP contribution is 2.19. The molecule has 0 aliphatic heterocycles. The van der Waals surface area contributed by atoms with Crippen LogP contribution >= 0.6 is 0 Å². The molecule has 18 heavy (non-hydrogen) atoms. The molecule has 0 radical (unpaired) electrons. The number of hydrogen-bond acceptors (Lipinski definition) is 3. The summed E-state index contributed by atoms with van der Waals surface area (Å²) < 4.78 is 5.24. The average Bonchev–Trinajstić information content (AvgIpc) is 2.75. The summed E-state index contributed by atoms with van der Waals surface area (Å²) in [5.74, 6) is -0.0269. The molecule has 0 fully saturated rings. The summed E-state index contributed by atoms with van der Waals surface area (Å²) in [7, 11) is 1.92. The van der Waals surface area contributed by atoms with Crippen LogP contribution in [0.2, 0.25) is 0 Å². The van der Waals surface area contributed by atoms with Crippen molar-refractivity contribution in [3.63, 3.8) is 0 Å². The van der Waals surface area contributed by atoms with E-state index in [4.69, 9.17) is 9.52 Å². The lowest BCUT2D eigenvalue weighted by Crippen LogP contribution is -2.16. The Morgan fingerprint density at radius 3 is 2.78 bits per heavy atom. The van der Waals surface area contributed by atoms with Crippen molar-refractivity contribution in [2.75, 3.05) is 11.9 Å². The Bertz CT molecular complexity index is 560. The number of aryl methyl sites for hydroxylation is 1. The Hall–Kier alpha value is -2.23. The minimum atomic E-state index is -0.912. The van der Waals surface area contributed by atoms with Gasteiger partial charge in [0.1, 0.15) is 5.76 Å². The van der Waals surface area contributed by atoms with Crippen molar-refractivity contribution < 1.29 is 14.3 Å². The molecule has 0 amide bonds. The van der Waals surface area contributed by atoms with Gasteiger partial charge in [-0.25, -0.2) is 4.79 Å². The minimum absolute atomic E-state index is 0.295. The fraction of sp³-hybridized carbons (Fsp3) is 0.214. The van der Waals surface area contributed by atoms with Crippen molar-refractivity contribution in [1.29, 1.82) is 0 Å². The second kappa shape index (κ2) is 4.96. The Morgan fingerprint density at radius 1 is 1.39 bits per heavy atom. The zero-order valence-corrected chi connectivity index (χ0v) is 10.4. The quantitative estimate of drug-likeness (QED) is 0.899. The first-order chi connectivity index (χ1) is 8.58. The van der Waals surface area contributed by atoms with Crippen molar-refractivity contribution in [3.8, 4) is 0 Å². The lowest BCUT2D eigenvalue weighted by molar-refractivity contribution is 0.0697. The predicted molar refractivity (Wildman–Crippen MR) is 69.0 cm³/mol. The molecule has 0 aliphatic rings. The van der Waals surface area contributed by atoms with E-state index in [1.54, 1.807) is 24.5 Å². The Morgan fingerprint density at radius 2 is 2.17 bits per heavy atom. The Labute approximate surface area is 105 Å². The van der Waals surface area contributed by atoms with E-state index in [-0.39, 0.29) is 0 Å². The van der Waals surface area contributed by atoms with Gasteiger partial charge < -0.3 is 14.4 Å². The molecule has 4 nitrogen and oxygen atoms in total. The predicted octanol–water partition coefficient (Wildman–Crippen LogP) is 2.92. The highest BCUT2D eigenvalue weighted by Gasteiger charge is 2.09. The summed E-state index contributed by atoms with van der Waals surface area (Å²) in [4.78, 5) is 12.9. The molecule has 0 spiro atoms. The third-order valence-corrected chi connectivity index (χ3v) is 2.91. The fourth-order valence-corrected chi connectivity index (χ4v) is 1.80. The summed E-state index contributed by atoms with van der Waals surface area (Å²) in [6.07, 6.45) is 1.66. The van der Waals surface area contributed by atoms with Gasteiger partial charge in [-0.05, 0) is 31.2 Å². The van der Waals surface area contributed by atoms with Gasteiger partial charge >= 0.3 is 5.97 Å². The topological polar surface area (TPSA) is 53.7 Å². The van der Waals surface area contributed by atoms with Crippen LogP contribution in [0.4, 0.5) is 5.69 Å². The molecule has 0 bridgehead atoms. The molecule has 0 unspecified atom stereocenters. The maximum Gasteiger partial charge on any atom is 0.335 e. The third kappa shape index (κ3) is 2.53. The number of furan rings is 1. The number of carboxylic acids is 1. The molecule has 2 aromatic rings. The van der Waals surface area contributed by atoms with Gasteiger partial charge in [0.15, 0.2) is 0 Å². The first-order valence-corrected chi connectivity index (χ1v) is 5.65. The first-order valence-electron chi connectivity index (χ1n) is 5.65. The smallest absolute Gasteiger partial charge is 0.335 e. The summed E-state index contributed by atoms with van der Waals surface area (Å²) in [5, 5.41) is 8.96. The molecule has 0 saturated carbocycles. The lowest BCUT2D eigenvalue weighted by atomic mass is 10.1. The fourth-order valence-electron chi connectivity index (χ4n) is 1.80. The van der Waals surface area contributed by atoms with Crippen LogP contribution in [-0.4, -0.2) is 18.1 Å². The van der Waals surface area contributed by atoms with Crippen LogP contribution in [0.5, 0.6) is 0 Å². The highest BCUT2D eigenvalue weighted by molar-refractivity contribution is 5.88. The van der Waals surface area contributed by atoms with E-state index in [1.165, 1.54) is 0 Å². The first kappa shape index (κ1) is 12.2. The van der Waals surface area contributed by atoms with Crippen LogP contribution in [0.1, 0.15) is 21.7 Å². The van der Waals surface area contributed by atoms with Crippen LogP contribution in [0.15, 0.2) is 41.0 Å². The van der Waals surface area contributed by atoms with Gasteiger partial charge in [-0.3, -0.25) is 0 Å². The third-order valence-electron chi connectivity index (χ3n) is 2.91. The van der Waals surface area contributed by atoms with Gasteiger partial charge in [0.05, 0.1) is 11.8 Å². The van der Waals surface area contributed by atoms with Crippen molar-refractivity contribution in [2.45, 2.75) is 13.5 Å². The van der Waals surface area contributed by atoms with Crippen LogP contribution in [0.25, 0.3) is 0 Å². The number of nitrogens with zero attached hydrogens (tertiary/aromatic N) is 1. The Balaban J connectivity index is 2.18. The SMILES string of the molecule is Cc1occc1CN(C)c1cccc(C(=O)O)c1. The van der Waals surface area contributed by atoms with Gasteiger partial charge in [0.25, 0.3) is 0 Å². The maximum absolute atomic E-state index is 10.9. The van der Waals surface area contributed by atoms with E-state index in [0.717, 1.165) is 17.0 Å². The molecule has 0 saturated heterocycles. The number of anilines is 1. The van der Waals surface area contributed by atoms with E-state index in [0.29, 0.717) is 12.1 Å². The van der Waals surface area contributed by atoms with Gasteiger partial charge in [-0.2, -0.15) is 0 Å². The van der Waals surface area contributed by atoms with Gasteiger partial charge in [0.2, 0.25) is 0 Å². The zero-order valence-electron chi connectivity index (χ0n) is 10.4. The number of aromatic carboxylic acids is 1. The molecule has 94 valence electrons. The highest BCUT2D eigenvalue weighted by atomic mass is 16.4. The van der Waals surface area contributed by atoms with E-state index in [9.17, 15) is 4.79 Å². The molecule has 0 atom stereocenters. The van der Waals surface area contributed by atoms with Crippen molar-refractivity contribution in [3.05, 3.63) is 53.5 Å². The normalized spacial score (nSPS) is 10.3. The standard InChI is InChI=1S/C14H15NO3/c1-10-12(6-7-18-10)9-15(2)13-5-3-4-11(8-13)14(16)17/h3-8H,9H2,1-2H3,(H,16,17). The van der Waals surface area contributed by atoms with Crippen LogP contribution in [0.3, 0.4) is 0 Å². The number of carboxylic acid groups (broad SMARTS) is 1.